The minimum Gasteiger partial charge on any atom is -0.496 e. The normalized spacial score (nSPS) is 18.1. The number of carbonyl (C=O) groups excluding carboxylic acids is 2. The van der Waals surface area contributed by atoms with E-state index in [1.807, 2.05) is 35.2 Å². The van der Waals surface area contributed by atoms with Crippen molar-refractivity contribution in [3.8, 4) is 17.2 Å². The summed E-state index contributed by atoms with van der Waals surface area (Å²) in [5.41, 5.74) is 3.59. The third-order valence-corrected chi connectivity index (χ3v) is 6.98. The Labute approximate surface area is 224 Å². The SMILES string of the molecule is COCCNC(=O)CN1c2ccccc2NC2=C(C(=O)CC(C)(C)C2)C1c1cc(OC)c(OC)cc1OC. The van der Waals surface area contributed by atoms with Gasteiger partial charge in [0.2, 0.25) is 5.91 Å². The van der Waals surface area contributed by atoms with E-state index in [0.29, 0.717) is 54.4 Å². The van der Waals surface area contributed by atoms with Gasteiger partial charge in [-0.15, -0.1) is 0 Å². The molecule has 1 aliphatic carbocycles. The van der Waals surface area contributed by atoms with Crippen molar-refractivity contribution in [2.45, 2.75) is 32.7 Å². The number of ketones is 1. The molecule has 1 aliphatic heterocycles. The number of nitrogens with one attached hydrogen (secondary N) is 2. The fourth-order valence-electron chi connectivity index (χ4n) is 5.32. The number of fused-ring (bicyclic) bond motifs is 1. The molecule has 2 aromatic rings. The number of benzene rings is 2. The lowest BCUT2D eigenvalue weighted by Crippen LogP contribution is -2.42. The van der Waals surface area contributed by atoms with Gasteiger partial charge >= 0.3 is 0 Å². The van der Waals surface area contributed by atoms with E-state index in [0.717, 1.165) is 17.1 Å². The van der Waals surface area contributed by atoms with Gasteiger partial charge in [0, 0.05) is 43.0 Å². The number of amides is 1. The first-order valence-corrected chi connectivity index (χ1v) is 12.7. The minimum absolute atomic E-state index is 0.0119. The number of hydrogen-bond acceptors (Lipinski definition) is 8. The van der Waals surface area contributed by atoms with Gasteiger partial charge in [-0.05, 0) is 30.0 Å². The quantitative estimate of drug-likeness (QED) is 0.475. The van der Waals surface area contributed by atoms with E-state index in [1.54, 1.807) is 34.5 Å². The van der Waals surface area contributed by atoms with Crippen LogP contribution in [0.4, 0.5) is 11.4 Å². The van der Waals surface area contributed by atoms with E-state index < -0.39 is 6.04 Å². The van der Waals surface area contributed by atoms with Gasteiger partial charge in [0.15, 0.2) is 17.3 Å². The van der Waals surface area contributed by atoms with Crippen LogP contribution in [0, 0.1) is 5.41 Å². The van der Waals surface area contributed by atoms with Gasteiger partial charge in [0.25, 0.3) is 0 Å². The van der Waals surface area contributed by atoms with Crippen molar-refractivity contribution in [2.24, 2.45) is 5.41 Å². The first-order chi connectivity index (χ1) is 18.2. The molecule has 2 aromatic carbocycles. The molecule has 1 amide bonds. The highest BCUT2D eigenvalue weighted by atomic mass is 16.5. The molecule has 0 bridgehead atoms. The molecular formula is C29H37N3O6. The minimum atomic E-state index is -0.618. The average Bonchev–Trinajstić information content (AvgIpc) is 3.01. The van der Waals surface area contributed by atoms with Crippen molar-refractivity contribution in [3.63, 3.8) is 0 Å². The van der Waals surface area contributed by atoms with Crippen molar-refractivity contribution in [1.82, 2.24) is 5.32 Å². The van der Waals surface area contributed by atoms with Crippen LogP contribution in [0.2, 0.25) is 0 Å². The summed E-state index contributed by atoms with van der Waals surface area (Å²) in [5, 5.41) is 6.48. The molecule has 4 rings (SSSR count). The summed E-state index contributed by atoms with van der Waals surface area (Å²) in [6, 6.07) is 10.8. The van der Waals surface area contributed by atoms with Crippen LogP contribution in [0.15, 0.2) is 47.7 Å². The molecule has 1 unspecified atom stereocenters. The van der Waals surface area contributed by atoms with Crippen LogP contribution in [0.5, 0.6) is 17.2 Å². The summed E-state index contributed by atoms with van der Waals surface area (Å²) in [4.78, 5) is 29.1. The first kappa shape index (κ1) is 27.3. The lowest BCUT2D eigenvalue weighted by atomic mass is 9.73. The van der Waals surface area contributed by atoms with Gasteiger partial charge in [-0.1, -0.05) is 26.0 Å². The molecule has 204 valence electrons. The fraction of sp³-hybridized carbons (Fsp3) is 0.448. The number of methoxy groups -OCH3 is 4. The topological polar surface area (TPSA) is 98.4 Å². The number of nitrogens with zero attached hydrogens (tertiary/aromatic N) is 1. The maximum atomic E-state index is 13.9. The van der Waals surface area contributed by atoms with Gasteiger partial charge in [-0.2, -0.15) is 0 Å². The highest BCUT2D eigenvalue weighted by Crippen LogP contribution is 2.51. The zero-order chi connectivity index (χ0) is 27.4. The number of allylic oxidation sites excluding steroid dienone is 1. The number of Topliss-reactive ketones (excluding diaryl/α,β-unsaturated/α-hetero) is 1. The number of para-hydroxylation sites is 2. The lowest BCUT2D eigenvalue weighted by Gasteiger charge is -2.38. The van der Waals surface area contributed by atoms with Crippen LogP contribution >= 0.6 is 0 Å². The number of rotatable bonds is 9. The Morgan fingerprint density at radius 3 is 2.39 bits per heavy atom. The standard InChI is InChI=1S/C29H37N3O6/c1-29(2)15-20-27(22(33)16-29)28(18-13-24(37-5)25(38-6)14-23(18)36-4)32(17-26(34)30-11-12-35-3)21-10-8-7-9-19(21)31-20/h7-10,13-14,28,31H,11-12,15-17H2,1-6H3,(H,30,34). The Morgan fingerprint density at radius 1 is 1.03 bits per heavy atom. The zero-order valence-electron chi connectivity index (χ0n) is 23.0. The summed E-state index contributed by atoms with van der Waals surface area (Å²) >= 11 is 0. The van der Waals surface area contributed by atoms with E-state index in [9.17, 15) is 9.59 Å². The molecular weight excluding hydrogens is 486 g/mol. The molecule has 1 heterocycles. The van der Waals surface area contributed by atoms with Crippen LogP contribution in [0.1, 0.15) is 38.3 Å². The van der Waals surface area contributed by atoms with Crippen LogP contribution in [-0.2, 0) is 14.3 Å². The molecule has 2 N–H and O–H groups in total. The Kier molecular flexibility index (Phi) is 8.16. The third kappa shape index (κ3) is 5.43. The van der Waals surface area contributed by atoms with Gasteiger partial charge in [0.05, 0.1) is 51.9 Å². The van der Waals surface area contributed by atoms with Gasteiger partial charge in [-0.25, -0.2) is 0 Å². The Bertz CT molecular complexity index is 1240. The number of ether oxygens (including phenoxy) is 4. The smallest absolute Gasteiger partial charge is 0.239 e. The monoisotopic (exact) mass is 523 g/mol. The number of carbonyl (C=O) groups is 2. The van der Waals surface area contributed by atoms with Crippen molar-refractivity contribution < 1.29 is 28.5 Å². The molecule has 0 radical (unpaired) electrons. The van der Waals surface area contributed by atoms with Crippen LogP contribution in [0.3, 0.4) is 0 Å². The summed E-state index contributed by atoms with van der Waals surface area (Å²) in [5.74, 6) is 1.39. The second-order valence-corrected chi connectivity index (χ2v) is 10.3. The maximum absolute atomic E-state index is 13.9. The van der Waals surface area contributed by atoms with E-state index >= 15 is 0 Å². The van der Waals surface area contributed by atoms with Gasteiger partial charge < -0.3 is 34.5 Å². The van der Waals surface area contributed by atoms with Crippen molar-refractivity contribution in [2.75, 3.05) is 58.4 Å². The second-order valence-electron chi connectivity index (χ2n) is 10.3. The van der Waals surface area contributed by atoms with Crippen molar-refractivity contribution in [1.29, 1.82) is 0 Å². The fourth-order valence-corrected chi connectivity index (χ4v) is 5.32. The highest BCUT2D eigenvalue weighted by molar-refractivity contribution is 6.02. The van der Waals surface area contributed by atoms with Gasteiger partial charge in [-0.3, -0.25) is 9.59 Å². The molecule has 0 spiro atoms. The molecule has 9 nitrogen and oxygen atoms in total. The van der Waals surface area contributed by atoms with Gasteiger partial charge in [0.1, 0.15) is 5.75 Å². The zero-order valence-corrected chi connectivity index (χ0v) is 23.0. The van der Waals surface area contributed by atoms with E-state index in [-0.39, 0.29) is 23.7 Å². The molecule has 0 saturated heterocycles. The molecule has 0 fully saturated rings. The number of hydrogen-bond donors (Lipinski definition) is 2. The maximum Gasteiger partial charge on any atom is 0.239 e. The predicted molar refractivity (Wildman–Crippen MR) is 146 cm³/mol. The second kappa shape index (κ2) is 11.3. The average molecular weight is 524 g/mol. The highest BCUT2D eigenvalue weighted by Gasteiger charge is 2.43. The Hall–Kier alpha value is -3.72. The van der Waals surface area contributed by atoms with Crippen molar-refractivity contribution >= 4 is 23.1 Å². The summed E-state index contributed by atoms with van der Waals surface area (Å²) in [6.07, 6.45) is 1.08. The van der Waals surface area contributed by atoms with E-state index in [1.165, 1.54) is 0 Å². The molecule has 2 aliphatic rings. The molecule has 9 heteroatoms. The molecule has 1 atom stereocenters. The lowest BCUT2D eigenvalue weighted by molar-refractivity contribution is -0.121. The van der Waals surface area contributed by atoms with Crippen LogP contribution in [-0.4, -0.2) is 59.8 Å². The molecule has 0 saturated carbocycles. The predicted octanol–water partition coefficient (Wildman–Crippen LogP) is 4.09. The molecule has 38 heavy (non-hydrogen) atoms. The van der Waals surface area contributed by atoms with Crippen LogP contribution < -0.4 is 29.7 Å². The first-order valence-electron chi connectivity index (χ1n) is 12.7. The van der Waals surface area contributed by atoms with E-state index in [4.69, 9.17) is 18.9 Å². The largest absolute Gasteiger partial charge is 0.496 e. The molecule has 0 aromatic heterocycles. The van der Waals surface area contributed by atoms with E-state index in [2.05, 4.69) is 24.5 Å². The summed E-state index contributed by atoms with van der Waals surface area (Å²) < 4.78 is 22.1. The Morgan fingerprint density at radius 2 is 1.71 bits per heavy atom. The third-order valence-electron chi connectivity index (χ3n) is 6.98. The summed E-state index contributed by atoms with van der Waals surface area (Å²) in [7, 11) is 6.30. The number of anilines is 2. The summed E-state index contributed by atoms with van der Waals surface area (Å²) in [6.45, 7) is 4.99. The Balaban J connectivity index is 1.97. The van der Waals surface area contributed by atoms with Crippen molar-refractivity contribution in [3.05, 3.63) is 53.2 Å². The van der Waals surface area contributed by atoms with Crippen LogP contribution in [0.25, 0.3) is 0 Å².